The number of halogens is 1. The van der Waals surface area contributed by atoms with Crippen molar-refractivity contribution in [3.05, 3.63) is 23.3 Å². The van der Waals surface area contributed by atoms with E-state index in [1.807, 2.05) is 19.2 Å². The highest BCUT2D eigenvalue weighted by molar-refractivity contribution is 14.0. The molecule has 1 aromatic carbocycles. The zero-order valence-electron chi connectivity index (χ0n) is 18.3. The maximum atomic E-state index is 5.75. The molecule has 0 aliphatic carbocycles. The predicted molar refractivity (Wildman–Crippen MR) is 127 cm³/mol. The number of nitrogens with one attached hydrogen (secondary N) is 1. The van der Waals surface area contributed by atoms with Crippen LogP contribution in [0.1, 0.15) is 24.0 Å². The Morgan fingerprint density at radius 2 is 2.00 bits per heavy atom. The van der Waals surface area contributed by atoms with Crippen LogP contribution >= 0.6 is 24.0 Å². The average Bonchev–Trinajstić information content (AvgIpc) is 3.22. The molecule has 1 atom stereocenters. The number of benzene rings is 1. The zero-order valence-corrected chi connectivity index (χ0v) is 20.7. The van der Waals surface area contributed by atoms with Crippen molar-refractivity contribution in [2.75, 3.05) is 61.3 Å². The van der Waals surface area contributed by atoms with Crippen LogP contribution < -0.4 is 14.8 Å². The van der Waals surface area contributed by atoms with Crippen molar-refractivity contribution < 1.29 is 18.9 Å². The fourth-order valence-electron chi connectivity index (χ4n) is 3.25. The lowest BCUT2D eigenvalue weighted by atomic mass is 10.1. The van der Waals surface area contributed by atoms with Crippen LogP contribution in [-0.4, -0.2) is 72.1 Å². The van der Waals surface area contributed by atoms with Crippen LogP contribution in [0.4, 0.5) is 0 Å². The molecule has 7 nitrogen and oxygen atoms in total. The maximum absolute atomic E-state index is 5.75. The fourth-order valence-corrected chi connectivity index (χ4v) is 3.25. The molecule has 0 bridgehead atoms. The second kappa shape index (κ2) is 13.9. The molecule has 1 aliphatic heterocycles. The molecule has 166 valence electrons. The highest BCUT2D eigenvalue weighted by atomic mass is 127. The summed E-state index contributed by atoms with van der Waals surface area (Å²) in [5, 5.41) is 3.40. The first-order valence-corrected chi connectivity index (χ1v) is 9.87. The van der Waals surface area contributed by atoms with Gasteiger partial charge in [-0.1, -0.05) is 0 Å². The SMILES string of the molecule is CN=C(NCCCOCC1CCOC1)N(C)Cc1cc(OC)c(OC)cc1C.I. The number of methoxy groups -OCH3 is 2. The van der Waals surface area contributed by atoms with Crippen molar-refractivity contribution in [2.24, 2.45) is 10.9 Å². The Morgan fingerprint density at radius 3 is 2.62 bits per heavy atom. The first kappa shape index (κ1) is 25.8. The lowest BCUT2D eigenvalue weighted by Crippen LogP contribution is -2.39. The van der Waals surface area contributed by atoms with Crippen molar-refractivity contribution >= 4 is 29.9 Å². The van der Waals surface area contributed by atoms with Gasteiger partial charge in [0.1, 0.15) is 0 Å². The number of nitrogens with zero attached hydrogens (tertiary/aromatic N) is 2. The smallest absolute Gasteiger partial charge is 0.193 e. The third-order valence-corrected chi connectivity index (χ3v) is 4.95. The van der Waals surface area contributed by atoms with Crippen molar-refractivity contribution in [1.29, 1.82) is 0 Å². The van der Waals surface area contributed by atoms with Crippen molar-refractivity contribution in [2.45, 2.75) is 26.3 Å². The number of rotatable bonds is 10. The number of aliphatic imine (C=N–C) groups is 1. The highest BCUT2D eigenvalue weighted by Crippen LogP contribution is 2.30. The second-order valence-electron chi connectivity index (χ2n) is 7.12. The predicted octanol–water partition coefficient (Wildman–Crippen LogP) is 3.08. The van der Waals surface area contributed by atoms with Gasteiger partial charge in [0.05, 0.1) is 27.4 Å². The van der Waals surface area contributed by atoms with Crippen LogP contribution in [0, 0.1) is 12.8 Å². The average molecular weight is 521 g/mol. The molecule has 1 unspecified atom stereocenters. The minimum Gasteiger partial charge on any atom is -0.493 e. The molecule has 1 fully saturated rings. The molecule has 8 heteroatoms. The summed E-state index contributed by atoms with van der Waals surface area (Å²) in [4.78, 5) is 6.49. The molecule has 29 heavy (non-hydrogen) atoms. The van der Waals surface area contributed by atoms with Crippen molar-refractivity contribution in [1.82, 2.24) is 10.2 Å². The summed E-state index contributed by atoms with van der Waals surface area (Å²) in [5.41, 5.74) is 2.33. The number of ether oxygens (including phenoxy) is 4. The minimum atomic E-state index is 0. The summed E-state index contributed by atoms with van der Waals surface area (Å²) in [5.74, 6) is 2.91. The summed E-state index contributed by atoms with van der Waals surface area (Å²) in [7, 11) is 7.14. The van der Waals surface area contributed by atoms with Gasteiger partial charge >= 0.3 is 0 Å². The van der Waals surface area contributed by atoms with Gasteiger partial charge in [-0.2, -0.15) is 0 Å². The quantitative estimate of drug-likeness (QED) is 0.221. The van der Waals surface area contributed by atoms with Gasteiger partial charge in [0.25, 0.3) is 0 Å². The van der Waals surface area contributed by atoms with E-state index in [2.05, 4.69) is 22.1 Å². The van der Waals surface area contributed by atoms with Crippen molar-refractivity contribution in [3.63, 3.8) is 0 Å². The van der Waals surface area contributed by atoms with E-state index in [1.165, 1.54) is 5.56 Å². The van der Waals surface area contributed by atoms with Crippen molar-refractivity contribution in [3.8, 4) is 11.5 Å². The van der Waals surface area contributed by atoms with Gasteiger partial charge in [0.2, 0.25) is 0 Å². The van der Waals surface area contributed by atoms with Gasteiger partial charge in [0.15, 0.2) is 17.5 Å². The van der Waals surface area contributed by atoms with Gasteiger partial charge in [-0.3, -0.25) is 4.99 Å². The molecule has 0 aromatic heterocycles. The summed E-state index contributed by atoms with van der Waals surface area (Å²) < 4.78 is 21.9. The molecule has 1 N–H and O–H groups in total. The molecule has 0 radical (unpaired) electrons. The zero-order chi connectivity index (χ0) is 20.4. The molecule has 0 spiro atoms. The summed E-state index contributed by atoms with van der Waals surface area (Å²) in [6.45, 7) is 6.89. The summed E-state index contributed by atoms with van der Waals surface area (Å²) in [6.07, 6.45) is 2.06. The van der Waals surface area contributed by atoms with Gasteiger partial charge in [0, 0.05) is 46.3 Å². The molecule has 1 saturated heterocycles. The third-order valence-electron chi connectivity index (χ3n) is 4.95. The highest BCUT2D eigenvalue weighted by Gasteiger charge is 2.15. The first-order valence-electron chi connectivity index (χ1n) is 9.87. The third kappa shape index (κ3) is 8.18. The largest absolute Gasteiger partial charge is 0.493 e. The van der Waals surface area contributed by atoms with Crippen LogP contribution in [0.5, 0.6) is 11.5 Å². The lowest BCUT2D eigenvalue weighted by Gasteiger charge is -2.23. The van der Waals surface area contributed by atoms with E-state index in [0.717, 1.165) is 75.4 Å². The van der Waals surface area contributed by atoms with Gasteiger partial charge in [-0.15, -0.1) is 24.0 Å². The van der Waals surface area contributed by atoms with Gasteiger partial charge in [-0.25, -0.2) is 0 Å². The van der Waals surface area contributed by atoms with Crippen LogP contribution in [0.25, 0.3) is 0 Å². The van der Waals surface area contributed by atoms with Gasteiger partial charge < -0.3 is 29.2 Å². The van der Waals surface area contributed by atoms with Crippen LogP contribution in [0.15, 0.2) is 17.1 Å². The van der Waals surface area contributed by atoms with E-state index in [4.69, 9.17) is 18.9 Å². The molecule has 0 saturated carbocycles. The molecule has 0 amide bonds. The maximum Gasteiger partial charge on any atom is 0.193 e. The molecule has 1 aliphatic rings. The van der Waals surface area contributed by atoms with Crippen LogP contribution in [0.3, 0.4) is 0 Å². The van der Waals surface area contributed by atoms with E-state index in [-0.39, 0.29) is 24.0 Å². The number of hydrogen-bond donors (Lipinski definition) is 1. The normalized spacial score (nSPS) is 16.3. The standard InChI is InChI=1S/C21H35N3O4.HI/c1-16-11-19(25-4)20(26-5)12-18(16)13-24(3)21(22-2)23-8-6-9-27-14-17-7-10-28-15-17;/h11-12,17H,6-10,13-15H2,1-5H3,(H,22,23);1H. The summed E-state index contributed by atoms with van der Waals surface area (Å²) in [6, 6.07) is 4.03. The minimum absolute atomic E-state index is 0. The number of guanidine groups is 1. The lowest BCUT2D eigenvalue weighted by molar-refractivity contribution is 0.0887. The molecular formula is C21H36IN3O4. The van der Waals surface area contributed by atoms with Gasteiger partial charge in [-0.05, 0) is 43.0 Å². The molecular weight excluding hydrogens is 485 g/mol. The van der Waals surface area contributed by atoms with Crippen LogP contribution in [-0.2, 0) is 16.0 Å². The second-order valence-corrected chi connectivity index (χ2v) is 7.12. The fraction of sp³-hybridized carbons (Fsp3) is 0.667. The Hall–Kier alpha value is -1.26. The monoisotopic (exact) mass is 521 g/mol. The van der Waals surface area contributed by atoms with Crippen LogP contribution in [0.2, 0.25) is 0 Å². The number of hydrogen-bond acceptors (Lipinski definition) is 5. The van der Waals surface area contributed by atoms with E-state index in [0.29, 0.717) is 5.92 Å². The topological polar surface area (TPSA) is 64.6 Å². The van der Waals surface area contributed by atoms with E-state index in [9.17, 15) is 0 Å². The Balaban J connectivity index is 0.00000420. The van der Waals surface area contributed by atoms with E-state index < -0.39 is 0 Å². The first-order chi connectivity index (χ1) is 13.6. The molecule has 2 rings (SSSR count). The van der Waals surface area contributed by atoms with E-state index in [1.54, 1.807) is 21.3 Å². The Morgan fingerprint density at radius 1 is 1.28 bits per heavy atom. The Bertz CT molecular complexity index is 637. The Labute approximate surface area is 192 Å². The molecule has 1 aromatic rings. The molecule has 1 heterocycles. The summed E-state index contributed by atoms with van der Waals surface area (Å²) >= 11 is 0. The number of aryl methyl sites for hydroxylation is 1. The van der Waals surface area contributed by atoms with E-state index >= 15 is 0 Å². The Kier molecular flexibility index (Phi) is 12.3.